The first kappa shape index (κ1) is 15.1. The summed E-state index contributed by atoms with van der Waals surface area (Å²) in [6.07, 6.45) is 3.38. The maximum absolute atomic E-state index is 12.4. The van der Waals surface area contributed by atoms with Crippen molar-refractivity contribution in [3.63, 3.8) is 0 Å². The van der Waals surface area contributed by atoms with Gasteiger partial charge >= 0.3 is 6.55 Å². The van der Waals surface area contributed by atoms with Crippen molar-refractivity contribution < 1.29 is 13.6 Å². The van der Waals surface area contributed by atoms with Crippen LogP contribution in [0.1, 0.15) is 47.7 Å². The number of halogens is 2. The average molecular weight is 294 g/mol. The second-order valence-corrected chi connectivity index (χ2v) is 4.65. The Bertz CT molecular complexity index is 627. The minimum Gasteiger partial charge on any atom is -0.342 e. The lowest BCUT2D eigenvalue weighted by Crippen LogP contribution is -2.29. The van der Waals surface area contributed by atoms with Gasteiger partial charge in [0.2, 0.25) is 0 Å². The summed E-state index contributed by atoms with van der Waals surface area (Å²) in [6.45, 7) is 1.09. The largest absolute Gasteiger partial charge is 0.342 e. The number of amides is 1. The van der Waals surface area contributed by atoms with Crippen LogP contribution in [0.5, 0.6) is 0 Å². The molecule has 0 aliphatic heterocycles. The van der Waals surface area contributed by atoms with Crippen LogP contribution in [0.3, 0.4) is 0 Å². The third-order valence-electron chi connectivity index (χ3n) is 3.05. The summed E-state index contributed by atoms with van der Waals surface area (Å²) in [4.78, 5) is 16.3. The zero-order valence-corrected chi connectivity index (χ0v) is 11.8. The fourth-order valence-corrected chi connectivity index (χ4v) is 1.94. The van der Waals surface area contributed by atoms with Crippen molar-refractivity contribution in [2.75, 3.05) is 0 Å². The average Bonchev–Trinajstić information content (AvgIpc) is 2.94. The zero-order valence-electron chi connectivity index (χ0n) is 11.8. The van der Waals surface area contributed by atoms with Crippen LogP contribution in [0.2, 0.25) is 0 Å². The first-order valence-corrected chi connectivity index (χ1v) is 6.58. The molecule has 112 valence electrons. The van der Waals surface area contributed by atoms with Gasteiger partial charge < -0.3 is 5.32 Å². The number of hydrogen-bond donors (Lipinski definition) is 1. The topological polar surface area (TPSA) is 59.8 Å². The van der Waals surface area contributed by atoms with Crippen LogP contribution in [0.15, 0.2) is 30.6 Å². The first-order valence-electron chi connectivity index (χ1n) is 6.58. The molecule has 0 radical (unpaired) electrons. The van der Waals surface area contributed by atoms with Crippen molar-refractivity contribution in [1.82, 2.24) is 20.1 Å². The summed E-state index contributed by atoms with van der Waals surface area (Å²) in [5.74, 6) is -0.496. The van der Waals surface area contributed by atoms with Crippen molar-refractivity contribution in [3.05, 3.63) is 47.5 Å². The van der Waals surface area contributed by atoms with Crippen LogP contribution in [-0.2, 0) is 0 Å². The summed E-state index contributed by atoms with van der Waals surface area (Å²) in [5.41, 5.74) is 1.73. The maximum atomic E-state index is 12.4. The molecule has 2 rings (SSSR count). The number of aromatic nitrogens is 3. The van der Waals surface area contributed by atoms with Crippen LogP contribution >= 0.6 is 0 Å². The molecule has 0 aliphatic carbocycles. The quantitative estimate of drug-likeness (QED) is 0.922. The Labute approximate surface area is 121 Å². The Balaban J connectivity index is 2.12. The number of alkyl halides is 2. The molecule has 0 saturated heterocycles. The lowest BCUT2D eigenvalue weighted by atomic mass is 10.1. The molecule has 0 fully saturated rings. The number of carbonyl (C=O) groups is 1. The standard InChI is InChI=1S/C14H16F2N4O/c1-3-10(12-8-9(2)4-6-17-12)18-13(21)11-5-7-20(19-11)14(15)16/h4-8,10,14H,3H2,1-2H3,(H,18,21)/t10-/m0/s1. The van der Waals surface area contributed by atoms with Gasteiger partial charge in [-0.25, -0.2) is 4.68 Å². The van der Waals surface area contributed by atoms with Crippen LogP contribution < -0.4 is 5.32 Å². The van der Waals surface area contributed by atoms with E-state index in [-0.39, 0.29) is 11.7 Å². The van der Waals surface area contributed by atoms with Crippen LogP contribution in [0.4, 0.5) is 8.78 Å². The molecule has 2 aromatic rings. The minimum absolute atomic E-state index is 0.0404. The molecule has 21 heavy (non-hydrogen) atoms. The van der Waals surface area contributed by atoms with E-state index in [1.807, 2.05) is 26.0 Å². The summed E-state index contributed by atoms with van der Waals surface area (Å²) >= 11 is 0. The van der Waals surface area contributed by atoms with E-state index in [4.69, 9.17) is 0 Å². The molecule has 1 atom stereocenters. The SMILES string of the molecule is CC[C@H](NC(=O)c1ccn(C(F)F)n1)c1cc(C)ccn1. The first-order chi connectivity index (χ1) is 10.0. The molecular weight excluding hydrogens is 278 g/mol. The number of carbonyl (C=O) groups excluding carboxylic acids is 1. The van der Waals surface area contributed by atoms with Gasteiger partial charge in [-0.1, -0.05) is 6.92 Å². The van der Waals surface area contributed by atoms with E-state index >= 15 is 0 Å². The number of nitrogens with one attached hydrogen (secondary N) is 1. The summed E-state index contributed by atoms with van der Waals surface area (Å²) < 4.78 is 25.3. The molecule has 5 nitrogen and oxygen atoms in total. The van der Waals surface area contributed by atoms with Crippen molar-refractivity contribution in [3.8, 4) is 0 Å². The highest BCUT2D eigenvalue weighted by Crippen LogP contribution is 2.16. The van der Waals surface area contributed by atoms with E-state index in [1.54, 1.807) is 6.20 Å². The van der Waals surface area contributed by atoms with Crippen molar-refractivity contribution in [1.29, 1.82) is 0 Å². The highest BCUT2D eigenvalue weighted by atomic mass is 19.3. The number of nitrogens with zero attached hydrogens (tertiary/aromatic N) is 3. The molecular formula is C14H16F2N4O. The smallest absolute Gasteiger partial charge is 0.333 e. The number of pyridine rings is 1. The molecule has 2 heterocycles. The second-order valence-electron chi connectivity index (χ2n) is 4.65. The third kappa shape index (κ3) is 3.62. The van der Waals surface area contributed by atoms with Crippen LogP contribution in [0.25, 0.3) is 0 Å². The molecule has 7 heteroatoms. The molecule has 0 spiro atoms. The van der Waals surface area contributed by atoms with Gasteiger partial charge in [0.05, 0.1) is 11.7 Å². The van der Waals surface area contributed by atoms with Gasteiger partial charge in [0.1, 0.15) is 5.69 Å². The Kier molecular flexibility index (Phi) is 4.62. The molecule has 0 saturated carbocycles. The monoisotopic (exact) mass is 294 g/mol. The molecule has 0 bridgehead atoms. The van der Waals surface area contributed by atoms with Crippen LogP contribution in [0, 0.1) is 6.92 Å². The molecule has 1 amide bonds. The highest BCUT2D eigenvalue weighted by molar-refractivity contribution is 5.92. The summed E-state index contributed by atoms with van der Waals surface area (Å²) in [6, 6.07) is 4.72. The Morgan fingerprint density at radius 3 is 2.76 bits per heavy atom. The van der Waals surface area contributed by atoms with Gasteiger partial charge in [-0.15, -0.1) is 0 Å². The zero-order chi connectivity index (χ0) is 15.4. The van der Waals surface area contributed by atoms with Gasteiger partial charge in [-0.2, -0.15) is 13.9 Å². The minimum atomic E-state index is -2.76. The number of aryl methyl sites for hydroxylation is 1. The maximum Gasteiger partial charge on any atom is 0.333 e. The summed E-state index contributed by atoms with van der Waals surface area (Å²) in [7, 11) is 0. The molecule has 0 unspecified atom stereocenters. The lowest BCUT2D eigenvalue weighted by Gasteiger charge is -2.16. The molecule has 1 N–H and O–H groups in total. The predicted molar refractivity (Wildman–Crippen MR) is 73.0 cm³/mol. The van der Waals surface area contributed by atoms with E-state index in [1.165, 1.54) is 6.07 Å². The Hall–Kier alpha value is -2.31. The van der Waals surface area contributed by atoms with Gasteiger partial charge in [-0.05, 0) is 37.1 Å². The van der Waals surface area contributed by atoms with Crippen LogP contribution in [-0.4, -0.2) is 20.7 Å². The third-order valence-corrected chi connectivity index (χ3v) is 3.05. The lowest BCUT2D eigenvalue weighted by molar-refractivity contribution is 0.0559. The normalized spacial score (nSPS) is 12.4. The van der Waals surface area contributed by atoms with Gasteiger partial charge in [-0.3, -0.25) is 9.78 Å². The molecule has 2 aromatic heterocycles. The fourth-order valence-electron chi connectivity index (χ4n) is 1.94. The van der Waals surface area contributed by atoms with Gasteiger partial charge in [0.25, 0.3) is 5.91 Å². The highest BCUT2D eigenvalue weighted by Gasteiger charge is 2.18. The van der Waals surface area contributed by atoms with E-state index in [0.717, 1.165) is 17.5 Å². The van der Waals surface area contributed by atoms with Crippen molar-refractivity contribution in [2.24, 2.45) is 0 Å². The summed E-state index contributed by atoms with van der Waals surface area (Å²) in [5, 5.41) is 6.30. The Morgan fingerprint density at radius 2 is 2.19 bits per heavy atom. The van der Waals surface area contributed by atoms with Gasteiger partial charge in [0, 0.05) is 12.4 Å². The predicted octanol–water partition coefficient (Wildman–Crippen LogP) is 2.86. The number of hydrogen-bond acceptors (Lipinski definition) is 3. The van der Waals surface area contributed by atoms with Gasteiger partial charge in [0.15, 0.2) is 0 Å². The molecule has 0 aliphatic rings. The van der Waals surface area contributed by atoms with Crippen molar-refractivity contribution >= 4 is 5.91 Å². The van der Waals surface area contributed by atoms with E-state index in [0.29, 0.717) is 11.1 Å². The fraction of sp³-hybridized carbons (Fsp3) is 0.357. The van der Waals surface area contributed by atoms with E-state index in [9.17, 15) is 13.6 Å². The van der Waals surface area contributed by atoms with E-state index < -0.39 is 12.5 Å². The van der Waals surface area contributed by atoms with Crippen molar-refractivity contribution in [2.45, 2.75) is 32.9 Å². The van der Waals surface area contributed by atoms with E-state index in [2.05, 4.69) is 15.4 Å². The Morgan fingerprint density at radius 1 is 1.43 bits per heavy atom. The second kappa shape index (κ2) is 6.43. The number of rotatable bonds is 5. The molecule has 0 aromatic carbocycles.